The Morgan fingerprint density at radius 2 is 1.85 bits per heavy atom. The van der Waals surface area contributed by atoms with Crippen molar-refractivity contribution in [3.05, 3.63) is 30.1 Å². The first-order chi connectivity index (χ1) is 12.8. The third-order valence-corrected chi connectivity index (χ3v) is 5.11. The Kier molecular flexibility index (Phi) is 8.75. The van der Waals surface area contributed by atoms with Crippen LogP contribution in [0.5, 0.6) is 0 Å². The lowest BCUT2D eigenvalue weighted by Crippen LogP contribution is -2.47. The van der Waals surface area contributed by atoms with E-state index >= 15 is 0 Å². The van der Waals surface area contributed by atoms with Crippen molar-refractivity contribution < 1.29 is 14.4 Å². The van der Waals surface area contributed by atoms with Gasteiger partial charge < -0.3 is 15.1 Å². The van der Waals surface area contributed by atoms with E-state index in [1.807, 2.05) is 12.1 Å². The number of nitrogens with one attached hydrogen (secondary N) is 1. The zero-order valence-corrected chi connectivity index (χ0v) is 16.2. The molecule has 148 valence electrons. The molecule has 2 fully saturated rings. The molecule has 7 nitrogen and oxygen atoms in total. The van der Waals surface area contributed by atoms with Crippen molar-refractivity contribution >= 4 is 30.0 Å². The molecule has 27 heavy (non-hydrogen) atoms. The van der Waals surface area contributed by atoms with Crippen LogP contribution in [0.1, 0.15) is 25.7 Å². The van der Waals surface area contributed by atoms with Crippen molar-refractivity contribution in [3.8, 4) is 0 Å². The minimum absolute atomic E-state index is 0. The fourth-order valence-electron chi connectivity index (χ4n) is 3.48. The highest BCUT2D eigenvalue weighted by atomic mass is 35.5. The van der Waals surface area contributed by atoms with Gasteiger partial charge >= 0.3 is 5.97 Å². The summed E-state index contributed by atoms with van der Waals surface area (Å²) in [7, 11) is 0. The van der Waals surface area contributed by atoms with Crippen LogP contribution >= 0.6 is 12.4 Å². The van der Waals surface area contributed by atoms with Crippen LogP contribution in [0.15, 0.2) is 30.1 Å². The predicted octanol–water partition coefficient (Wildman–Crippen LogP) is 1.62. The summed E-state index contributed by atoms with van der Waals surface area (Å²) in [6.07, 6.45) is 7.02. The van der Waals surface area contributed by atoms with E-state index in [2.05, 4.69) is 15.2 Å². The number of hydroxylamine groups is 2. The fraction of sp³-hybridized carbons (Fsp3) is 0.579. The van der Waals surface area contributed by atoms with E-state index in [1.54, 1.807) is 23.4 Å². The van der Waals surface area contributed by atoms with E-state index in [0.717, 1.165) is 51.1 Å². The van der Waals surface area contributed by atoms with Gasteiger partial charge in [-0.25, -0.2) is 9.59 Å². The van der Waals surface area contributed by atoms with Crippen LogP contribution in [-0.2, 0) is 14.4 Å². The summed E-state index contributed by atoms with van der Waals surface area (Å²) in [5.41, 5.74) is 1.24. The largest absolute Gasteiger partial charge is 0.369 e. The number of piperidine rings is 1. The van der Waals surface area contributed by atoms with Crippen molar-refractivity contribution in [3.63, 3.8) is 0 Å². The SMILES string of the molecule is Cl.O=C=C(CCC1CCNCC1)C(=O)ON1CCN(c2ccncc2)CC1. The molecule has 0 radical (unpaired) electrons. The summed E-state index contributed by atoms with van der Waals surface area (Å²) in [6.45, 7) is 4.75. The number of aromatic nitrogens is 1. The minimum Gasteiger partial charge on any atom is -0.369 e. The average molecular weight is 395 g/mol. The number of anilines is 1. The first-order valence-corrected chi connectivity index (χ1v) is 9.33. The van der Waals surface area contributed by atoms with E-state index in [-0.39, 0.29) is 18.0 Å². The Morgan fingerprint density at radius 3 is 2.48 bits per heavy atom. The smallest absolute Gasteiger partial charge is 0.364 e. The standard InChI is InChI=1S/C19H26N4O3.ClH/c24-15-17(2-1-16-3-7-20-8-4-16)19(25)26-23-13-11-22(12-14-23)18-5-9-21-10-6-18;/h5-6,9-10,16,20H,1-4,7-8,11-14H2;1H. The van der Waals surface area contributed by atoms with Gasteiger partial charge in [-0.2, -0.15) is 0 Å². The number of hydrogen-bond acceptors (Lipinski definition) is 7. The average Bonchev–Trinajstić information content (AvgIpc) is 2.70. The third kappa shape index (κ3) is 6.33. The number of rotatable bonds is 6. The second kappa shape index (κ2) is 11.0. The van der Waals surface area contributed by atoms with Crippen LogP contribution in [-0.4, -0.2) is 61.2 Å². The Balaban J connectivity index is 0.00000261. The van der Waals surface area contributed by atoms with Gasteiger partial charge in [-0.05, 0) is 56.8 Å². The Morgan fingerprint density at radius 1 is 1.19 bits per heavy atom. The van der Waals surface area contributed by atoms with Crippen LogP contribution < -0.4 is 10.2 Å². The molecule has 0 aliphatic carbocycles. The summed E-state index contributed by atoms with van der Waals surface area (Å²) in [5.74, 6) is 1.81. The fourth-order valence-corrected chi connectivity index (χ4v) is 3.48. The lowest BCUT2D eigenvalue weighted by atomic mass is 9.91. The highest BCUT2D eigenvalue weighted by Crippen LogP contribution is 2.21. The molecule has 0 aromatic carbocycles. The molecule has 8 heteroatoms. The Bertz CT molecular complexity index is 638. The van der Waals surface area contributed by atoms with Crippen LogP contribution in [0.25, 0.3) is 0 Å². The van der Waals surface area contributed by atoms with Gasteiger partial charge in [-0.3, -0.25) is 4.98 Å². The predicted molar refractivity (Wildman–Crippen MR) is 105 cm³/mol. The summed E-state index contributed by atoms with van der Waals surface area (Å²) in [4.78, 5) is 35.1. The summed E-state index contributed by atoms with van der Waals surface area (Å²) in [6, 6.07) is 3.94. The van der Waals surface area contributed by atoms with Gasteiger partial charge in [-0.1, -0.05) is 0 Å². The van der Waals surface area contributed by atoms with E-state index in [0.29, 0.717) is 25.4 Å². The molecule has 0 bridgehead atoms. The molecule has 1 aromatic rings. The van der Waals surface area contributed by atoms with Gasteiger partial charge in [0.15, 0.2) is 0 Å². The summed E-state index contributed by atoms with van der Waals surface area (Å²) < 4.78 is 0. The second-order valence-electron chi connectivity index (χ2n) is 6.81. The van der Waals surface area contributed by atoms with Crippen LogP contribution in [0.4, 0.5) is 5.69 Å². The highest BCUT2D eigenvalue weighted by molar-refractivity contribution is 5.96. The van der Waals surface area contributed by atoms with Crippen molar-refractivity contribution in [2.24, 2.45) is 5.92 Å². The second-order valence-corrected chi connectivity index (χ2v) is 6.81. The summed E-state index contributed by atoms with van der Waals surface area (Å²) >= 11 is 0. The molecule has 0 amide bonds. The van der Waals surface area contributed by atoms with Gasteiger partial charge in [-0.15, -0.1) is 17.5 Å². The molecule has 2 saturated heterocycles. The maximum atomic E-state index is 12.3. The molecule has 1 N–H and O–H groups in total. The van der Waals surface area contributed by atoms with Crippen molar-refractivity contribution in [2.45, 2.75) is 25.7 Å². The van der Waals surface area contributed by atoms with Crippen LogP contribution in [0.3, 0.4) is 0 Å². The van der Waals surface area contributed by atoms with E-state index in [1.165, 1.54) is 0 Å². The number of carbonyl (C=O) groups is 1. The van der Waals surface area contributed by atoms with Crippen molar-refractivity contribution in [2.75, 3.05) is 44.2 Å². The maximum absolute atomic E-state index is 12.3. The van der Waals surface area contributed by atoms with Crippen molar-refractivity contribution in [1.82, 2.24) is 15.4 Å². The number of piperazine rings is 1. The highest BCUT2D eigenvalue weighted by Gasteiger charge is 2.23. The topological polar surface area (TPSA) is 74.8 Å². The minimum atomic E-state index is -0.550. The first-order valence-electron chi connectivity index (χ1n) is 9.33. The molecular weight excluding hydrogens is 368 g/mol. The zero-order valence-electron chi connectivity index (χ0n) is 15.4. The molecule has 0 unspecified atom stereocenters. The maximum Gasteiger partial charge on any atom is 0.364 e. The Hall–Kier alpha value is -1.92. The Labute approximate surface area is 166 Å². The van der Waals surface area contributed by atoms with Gasteiger partial charge in [0.2, 0.25) is 0 Å². The van der Waals surface area contributed by atoms with Gasteiger partial charge in [0.1, 0.15) is 11.5 Å². The monoisotopic (exact) mass is 394 g/mol. The molecule has 0 saturated carbocycles. The molecular formula is C19H27ClN4O3. The van der Waals surface area contributed by atoms with Gasteiger partial charge in [0.05, 0.1) is 13.1 Å². The molecule has 3 heterocycles. The normalized spacial score (nSPS) is 18.3. The van der Waals surface area contributed by atoms with Crippen LogP contribution in [0, 0.1) is 5.92 Å². The van der Waals surface area contributed by atoms with Gasteiger partial charge in [0.25, 0.3) is 0 Å². The molecule has 1 aromatic heterocycles. The number of carbonyl (C=O) groups excluding carboxylic acids is 2. The first kappa shape index (κ1) is 21.4. The van der Waals surface area contributed by atoms with Crippen molar-refractivity contribution in [1.29, 1.82) is 0 Å². The lowest BCUT2D eigenvalue weighted by molar-refractivity contribution is -0.186. The number of nitrogens with zero attached hydrogens (tertiary/aromatic N) is 3. The molecule has 3 rings (SSSR count). The van der Waals surface area contributed by atoms with E-state index in [4.69, 9.17) is 4.84 Å². The molecule has 0 spiro atoms. The zero-order chi connectivity index (χ0) is 18.2. The molecule has 2 aliphatic heterocycles. The number of hydrogen-bond donors (Lipinski definition) is 1. The quantitative estimate of drug-likeness (QED) is 0.580. The van der Waals surface area contributed by atoms with Gasteiger partial charge in [0, 0.05) is 31.2 Å². The molecule has 0 atom stereocenters. The number of pyridine rings is 1. The summed E-state index contributed by atoms with van der Waals surface area (Å²) in [5, 5.41) is 4.96. The third-order valence-electron chi connectivity index (χ3n) is 5.11. The van der Waals surface area contributed by atoms with E-state index < -0.39 is 5.97 Å². The number of halogens is 1. The lowest BCUT2D eigenvalue weighted by Gasteiger charge is -2.34. The molecule has 2 aliphatic rings. The van der Waals surface area contributed by atoms with Crippen LogP contribution in [0.2, 0.25) is 0 Å². The van der Waals surface area contributed by atoms with E-state index in [9.17, 15) is 9.59 Å².